The van der Waals surface area contributed by atoms with Crippen LogP contribution in [0.1, 0.15) is 125 Å². The minimum absolute atomic E-state index is 0. The van der Waals surface area contributed by atoms with Crippen LogP contribution in [0.4, 0.5) is 35.1 Å². The van der Waals surface area contributed by atoms with Crippen LogP contribution in [0.3, 0.4) is 0 Å². The van der Waals surface area contributed by atoms with Gasteiger partial charge < -0.3 is 4.79 Å². The number of halogens is 8. The fourth-order valence-electron chi connectivity index (χ4n) is 0.161. The Bertz CT molecular complexity index is 484. The van der Waals surface area contributed by atoms with E-state index in [1.54, 1.807) is 0 Å². The smallest absolute Gasteiger partial charge is 0.300 e. The van der Waals surface area contributed by atoms with Gasteiger partial charge in [0, 0.05) is 12.5 Å². The molecule has 0 bridgehead atoms. The highest BCUT2D eigenvalue weighted by molar-refractivity contribution is 7.89. The first-order valence-electron chi connectivity index (χ1n) is 11.2. The molecular weight excluding hydrogens is 556 g/mol. The topological polar surface area (TPSA) is 51.2 Å². The average molecular weight is 623 g/mol. The number of alkyl halides is 8. The molecule has 0 aromatic rings. The first-order valence-corrected chi connectivity index (χ1v) is 13.5. The van der Waals surface area contributed by atoms with Crippen molar-refractivity contribution in [3.63, 3.8) is 0 Å². The number of carbonyl (C=O) groups excluding carboxylic acids is 1. The first kappa shape index (κ1) is 71.4. The number of hydrogen-bond acceptors (Lipinski definition) is 3. The van der Waals surface area contributed by atoms with Crippen molar-refractivity contribution in [1.29, 1.82) is 0 Å². The minimum Gasteiger partial charge on any atom is -0.300 e. The average Bonchev–Trinajstić information content (AvgIpc) is 2.53. The Morgan fingerprint density at radius 1 is 0.615 bits per heavy atom. The molecule has 0 fully saturated rings. The van der Waals surface area contributed by atoms with Gasteiger partial charge in [-0.2, -0.15) is 26.3 Å². The minimum atomic E-state index is -5.24. The summed E-state index contributed by atoms with van der Waals surface area (Å²) in [6.45, 7) is 21.7. The Labute approximate surface area is 238 Å². The SMILES string of the molecule is C.C.C.CC(C)(C(F)(F)F)C(F)(F)F.CC(C)(C)C.CC(C)=O.CCC.CCC.CCF.CF.CS(C)(=O)=O. The highest BCUT2D eigenvalue weighted by atomic mass is 32.2. The van der Waals surface area contributed by atoms with Crippen LogP contribution in [0.5, 0.6) is 0 Å². The van der Waals surface area contributed by atoms with Gasteiger partial charge >= 0.3 is 12.4 Å². The lowest BCUT2D eigenvalue weighted by Crippen LogP contribution is -2.44. The molecule has 39 heavy (non-hydrogen) atoms. The number of rotatable bonds is 0. The second kappa shape index (κ2) is 39.2. The van der Waals surface area contributed by atoms with E-state index < -0.39 is 27.6 Å². The highest BCUT2D eigenvalue weighted by Crippen LogP contribution is 2.49. The van der Waals surface area contributed by atoms with Crippen LogP contribution in [0.15, 0.2) is 0 Å². The Morgan fingerprint density at radius 2 is 0.667 bits per heavy atom. The number of carbonyl (C=O) groups is 1. The molecule has 12 heteroatoms. The van der Waals surface area contributed by atoms with Crippen LogP contribution < -0.4 is 0 Å². The van der Waals surface area contributed by atoms with Gasteiger partial charge in [0.2, 0.25) is 0 Å². The van der Waals surface area contributed by atoms with E-state index in [9.17, 15) is 48.3 Å². The summed E-state index contributed by atoms with van der Waals surface area (Å²) in [6, 6.07) is 0. The molecular formula is C27H66F8O3S. The Hall–Kier alpha value is -0.940. The van der Waals surface area contributed by atoms with Crippen LogP contribution in [0.2, 0.25) is 0 Å². The molecule has 0 rings (SSSR count). The second-order valence-electron chi connectivity index (χ2n) is 9.35. The molecule has 0 saturated carbocycles. The van der Waals surface area contributed by atoms with Crippen molar-refractivity contribution < 1.29 is 48.3 Å². The van der Waals surface area contributed by atoms with E-state index in [2.05, 4.69) is 55.4 Å². The maximum Gasteiger partial charge on any atom is 0.402 e. The van der Waals surface area contributed by atoms with Crippen molar-refractivity contribution >= 4 is 15.6 Å². The normalized spacial score (nSPS) is 9.54. The third-order valence-electron chi connectivity index (χ3n) is 1.42. The van der Waals surface area contributed by atoms with Crippen LogP contribution in [0, 0.1) is 10.8 Å². The maximum absolute atomic E-state index is 11.6. The zero-order valence-electron chi connectivity index (χ0n) is 25.3. The molecule has 0 aliphatic heterocycles. The Morgan fingerprint density at radius 3 is 0.667 bits per heavy atom. The lowest BCUT2D eigenvalue weighted by Gasteiger charge is -2.29. The van der Waals surface area contributed by atoms with E-state index in [4.69, 9.17) is 0 Å². The molecule has 3 nitrogen and oxygen atoms in total. The van der Waals surface area contributed by atoms with Gasteiger partial charge in [0.15, 0.2) is 5.41 Å². The second-order valence-corrected chi connectivity index (χ2v) is 11.6. The summed E-state index contributed by atoms with van der Waals surface area (Å²) < 4.78 is 109. The maximum atomic E-state index is 11.6. The lowest BCUT2D eigenvalue weighted by atomic mass is 9.92. The molecule has 0 spiro atoms. The summed E-state index contributed by atoms with van der Waals surface area (Å²) in [5.41, 5.74) is -3.12. The summed E-state index contributed by atoms with van der Waals surface area (Å²) in [7, 11) is -2.17. The quantitative estimate of drug-likeness (QED) is 0.253. The Kier molecular flexibility index (Phi) is 71.8. The molecule has 0 aliphatic carbocycles. The largest absolute Gasteiger partial charge is 0.402 e. The third-order valence-corrected chi connectivity index (χ3v) is 1.42. The van der Waals surface area contributed by atoms with Gasteiger partial charge in [-0.05, 0) is 40.0 Å². The molecule has 0 saturated heterocycles. The van der Waals surface area contributed by atoms with Crippen molar-refractivity contribution in [2.24, 2.45) is 10.8 Å². The standard InChI is InChI=1S/C5H6F6.C5H12.C3H6O.2C3H8.C2H5F.C2H6O2S.CH3F.3CH4/c1-3(2,4(6,7)8)5(9,10)11;1-5(2,3)4;1-3(2)4;2*1-3-2;1-2-3;1-5(2,3)4;1-2;;;/h1-2H3;1-4H3;1-2H3;2*3H2,1-2H3;2H2,1H3;1-2H3;1H3;3*1H4. The first-order chi connectivity index (χ1) is 15.5. The number of ketones is 1. The summed E-state index contributed by atoms with van der Waals surface area (Å²) in [5.74, 6) is 0.167. The zero-order chi connectivity index (χ0) is 32.2. The van der Waals surface area contributed by atoms with Crippen LogP contribution in [-0.2, 0) is 14.6 Å². The zero-order valence-corrected chi connectivity index (χ0v) is 26.1. The molecule has 0 aromatic heterocycles. The van der Waals surface area contributed by atoms with E-state index in [0.717, 1.165) is 12.5 Å². The molecule has 0 aliphatic rings. The lowest BCUT2D eigenvalue weighted by molar-refractivity contribution is -0.327. The summed E-state index contributed by atoms with van der Waals surface area (Å²) in [5, 5.41) is 0. The number of hydrogen-bond donors (Lipinski definition) is 0. The highest BCUT2D eigenvalue weighted by Gasteiger charge is 2.64. The number of Topliss-reactive ketones (excluding diaryl/α,β-unsaturated/α-hetero) is 1. The molecule has 0 aromatic carbocycles. The van der Waals surface area contributed by atoms with E-state index in [1.165, 1.54) is 33.6 Å². The van der Waals surface area contributed by atoms with Gasteiger partial charge in [-0.1, -0.05) is 90.5 Å². The predicted octanol–water partition coefficient (Wildman–Crippen LogP) is 11.7. The molecule has 0 amide bonds. The predicted molar refractivity (Wildman–Crippen MR) is 159 cm³/mol. The van der Waals surface area contributed by atoms with Gasteiger partial charge in [0.05, 0.1) is 13.9 Å². The van der Waals surface area contributed by atoms with Gasteiger partial charge in [0.25, 0.3) is 0 Å². The molecule has 0 N–H and O–H groups in total. The summed E-state index contributed by atoms with van der Waals surface area (Å²) in [4.78, 5) is 9.44. The van der Waals surface area contributed by atoms with E-state index in [-0.39, 0.29) is 48.6 Å². The monoisotopic (exact) mass is 622 g/mol. The van der Waals surface area contributed by atoms with Crippen molar-refractivity contribution in [3.05, 3.63) is 0 Å². The van der Waals surface area contributed by atoms with Crippen molar-refractivity contribution in [1.82, 2.24) is 0 Å². The fourth-order valence-corrected chi connectivity index (χ4v) is 0.161. The van der Waals surface area contributed by atoms with Crippen LogP contribution >= 0.6 is 0 Å². The van der Waals surface area contributed by atoms with E-state index >= 15 is 0 Å². The summed E-state index contributed by atoms with van der Waals surface area (Å²) >= 11 is 0. The van der Waals surface area contributed by atoms with E-state index in [1.807, 2.05) is 0 Å². The fraction of sp³-hybridized carbons (Fsp3) is 0.963. The van der Waals surface area contributed by atoms with Gasteiger partial charge in [-0.15, -0.1) is 0 Å². The summed E-state index contributed by atoms with van der Waals surface area (Å²) in [6.07, 6.45) is -5.67. The van der Waals surface area contributed by atoms with Crippen molar-refractivity contribution in [2.45, 2.75) is 137 Å². The van der Waals surface area contributed by atoms with Gasteiger partial charge in [0.1, 0.15) is 15.6 Å². The van der Waals surface area contributed by atoms with Crippen LogP contribution in [-0.4, -0.2) is 52.9 Å². The third kappa shape index (κ3) is 157. The van der Waals surface area contributed by atoms with Crippen molar-refractivity contribution in [2.75, 3.05) is 26.4 Å². The van der Waals surface area contributed by atoms with Gasteiger partial charge in [-0.25, -0.2) is 8.42 Å². The molecule has 0 unspecified atom stereocenters. The molecule has 0 radical (unpaired) electrons. The molecule has 0 heterocycles. The Balaban J connectivity index is -0.0000000271. The van der Waals surface area contributed by atoms with Gasteiger partial charge in [-0.3, -0.25) is 8.78 Å². The molecule has 0 atom stereocenters. The van der Waals surface area contributed by atoms with Crippen LogP contribution in [0.25, 0.3) is 0 Å². The van der Waals surface area contributed by atoms with Crippen molar-refractivity contribution in [3.8, 4) is 0 Å². The van der Waals surface area contributed by atoms with E-state index in [0.29, 0.717) is 12.6 Å². The number of sulfone groups is 1. The molecule has 254 valence electrons.